The molecule has 0 atom stereocenters. The number of nitrogens with zero attached hydrogens (tertiary/aromatic N) is 1. The largest absolute Gasteiger partial charge is 0.497 e. The van der Waals surface area contributed by atoms with Crippen LogP contribution in [0.4, 0.5) is 5.69 Å². The van der Waals surface area contributed by atoms with Gasteiger partial charge in [-0.25, -0.2) is 0 Å². The molecule has 0 bridgehead atoms. The van der Waals surface area contributed by atoms with Crippen molar-refractivity contribution in [3.05, 3.63) is 33.9 Å². The second-order valence-electron chi connectivity index (χ2n) is 4.62. The molecular formula is C12H15NO5. The van der Waals surface area contributed by atoms with E-state index in [1.54, 1.807) is 6.07 Å². The van der Waals surface area contributed by atoms with Crippen molar-refractivity contribution in [1.82, 2.24) is 0 Å². The highest BCUT2D eigenvalue weighted by Gasteiger charge is 2.30. The molecule has 1 N–H and O–H groups in total. The van der Waals surface area contributed by atoms with Gasteiger partial charge in [-0.3, -0.25) is 14.9 Å². The van der Waals surface area contributed by atoms with Crippen molar-refractivity contribution in [1.29, 1.82) is 0 Å². The Balaban J connectivity index is 3.17. The number of methoxy groups -OCH3 is 1. The highest BCUT2D eigenvalue weighted by atomic mass is 16.6. The Morgan fingerprint density at radius 3 is 2.56 bits per heavy atom. The Bertz CT molecular complexity index is 481. The number of carboxylic acids is 1. The van der Waals surface area contributed by atoms with Gasteiger partial charge >= 0.3 is 5.97 Å². The molecule has 98 valence electrons. The summed E-state index contributed by atoms with van der Waals surface area (Å²) < 4.78 is 4.92. The number of hydrogen-bond donors (Lipinski definition) is 1. The molecule has 0 aromatic heterocycles. The molecule has 0 fully saturated rings. The fraction of sp³-hybridized carbons (Fsp3) is 0.417. The number of nitro groups is 1. The third-order valence-electron chi connectivity index (χ3n) is 2.70. The second kappa shape index (κ2) is 5.03. The van der Waals surface area contributed by atoms with E-state index in [0.29, 0.717) is 11.3 Å². The molecule has 0 spiro atoms. The lowest BCUT2D eigenvalue weighted by atomic mass is 9.85. The summed E-state index contributed by atoms with van der Waals surface area (Å²) in [6, 6.07) is 4.41. The van der Waals surface area contributed by atoms with Crippen molar-refractivity contribution in [2.45, 2.75) is 20.3 Å². The molecule has 0 radical (unpaired) electrons. The van der Waals surface area contributed by atoms with Crippen LogP contribution in [0, 0.1) is 15.5 Å². The smallest absolute Gasteiger partial charge is 0.309 e. The van der Waals surface area contributed by atoms with Crippen LogP contribution in [0.2, 0.25) is 0 Å². The first-order valence-electron chi connectivity index (χ1n) is 5.32. The minimum atomic E-state index is -1.06. The fourth-order valence-corrected chi connectivity index (χ4v) is 1.54. The Kier molecular flexibility index (Phi) is 3.90. The van der Waals surface area contributed by atoms with E-state index in [-0.39, 0.29) is 12.1 Å². The van der Waals surface area contributed by atoms with Crippen molar-refractivity contribution in [3.8, 4) is 5.75 Å². The van der Waals surface area contributed by atoms with Crippen LogP contribution in [0.3, 0.4) is 0 Å². The van der Waals surface area contributed by atoms with Crippen LogP contribution < -0.4 is 4.74 Å². The summed E-state index contributed by atoms with van der Waals surface area (Å²) in [6.45, 7) is 3.06. The molecule has 1 rings (SSSR count). The zero-order valence-electron chi connectivity index (χ0n) is 10.5. The number of rotatable bonds is 5. The first-order valence-corrected chi connectivity index (χ1v) is 5.32. The van der Waals surface area contributed by atoms with Crippen LogP contribution in [-0.4, -0.2) is 23.1 Å². The zero-order chi connectivity index (χ0) is 13.9. The van der Waals surface area contributed by atoms with Gasteiger partial charge in [-0.05, 0) is 32.4 Å². The van der Waals surface area contributed by atoms with Crippen molar-refractivity contribution in [2.75, 3.05) is 7.11 Å². The molecule has 0 unspecified atom stereocenters. The number of hydrogen-bond acceptors (Lipinski definition) is 4. The van der Waals surface area contributed by atoms with Gasteiger partial charge in [0.1, 0.15) is 5.75 Å². The minimum absolute atomic E-state index is 0.0860. The van der Waals surface area contributed by atoms with Crippen LogP contribution in [-0.2, 0) is 11.2 Å². The van der Waals surface area contributed by atoms with Crippen molar-refractivity contribution < 1.29 is 19.6 Å². The lowest BCUT2D eigenvalue weighted by molar-refractivity contribution is -0.385. The van der Waals surface area contributed by atoms with E-state index < -0.39 is 16.3 Å². The van der Waals surface area contributed by atoms with Gasteiger partial charge in [0, 0.05) is 5.56 Å². The monoisotopic (exact) mass is 253 g/mol. The summed E-state index contributed by atoms with van der Waals surface area (Å²) in [7, 11) is 1.42. The Morgan fingerprint density at radius 2 is 2.11 bits per heavy atom. The van der Waals surface area contributed by atoms with E-state index in [1.807, 2.05) is 0 Å². The van der Waals surface area contributed by atoms with Gasteiger partial charge in [0.2, 0.25) is 0 Å². The van der Waals surface area contributed by atoms with Gasteiger partial charge in [0.15, 0.2) is 0 Å². The Labute approximate surface area is 104 Å². The highest BCUT2D eigenvalue weighted by molar-refractivity contribution is 5.74. The van der Waals surface area contributed by atoms with Gasteiger partial charge in [-0.15, -0.1) is 0 Å². The summed E-state index contributed by atoms with van der Waals surface area (Å²) in [4.78, 5) is 21.5. The number of ether oxygens (including phenoxy) is 1. The van der Waals surface area contributed by atoms with Crippen LogP contribution in [0.5, 0.6) is 5.75 Å². The zero-order valence-corrected chi connectivity index (χ0v) is 10.5. The van der Waals surface area contributed by atoms with Crippen LogP contribution >= 0.6 is 0 Å². The number of nitro benzene ring substituents is 1. The van der Waals surface area contributed by atoms with Crippen LogP contribution in [0.15, 0.2) is 18.2 Å². The maximum absolute atomic E-state index is 11.0. The molecule has 6 nitrogen and oxygen atoms in total. The average Bonchev–Trinajstić information content (AvgIpc) is 2.28. The first-order chi connectivity index (χ1) is 8.27. The number of carboxylic acid groups (broad SMARTS) is 1. The minimum Gasteiger partial charge on any atom is -0.497 e. The standard InChI is InChI=1S/C12H15NO5/c1-12(2,11(14)15)7-8-4-5-9(18-3)6-10(8)13(16)17/h4-6H,7H2,1-3H3,(H,14,15). The molecule has 0 amide bonds. The molecule has 6 heteroatoms. The van der Waals surface area contributed by atoms with Gasteiger partial charge in [0.25, 0.3) is 5.69 Å². The molecular weight excluding hydrogens is 238 g/mol. The van der Waals surface area contributed by atoms with Crippen molar-refractivity contribution in [3.63, 3.8) is 0 Å². The maximum Gasteiger partial charge on any atom is 0.309 e. The molecule has 1 aromatic rings. The molecule has 0 aliphatic carbocycles. The molecule has 1 aromatic carbocycles. The summed E-state index contributed by atoms with van der Waals surface area (Å²) in [5.41, 5.74) is -0.795. The summed E-state index contributed by atoms with van der Waals surface area (Å²) in [5, 5.41) is 20.0. The van der Waals surface area contributed by atoms with E-state index >= 15 is 0 Å². The topological polar surface area (TPSA) is 89.7 Å². The molecule has 0 saturated heterocycles. The third kappa shape index (κ3) is 2.97. The maximum atomic E-state index is 11.0. The average molecular weight is 253 g/mol. The van der Waals surface area contributed by atoms with Gasteiger partial charge in [-0.1, -0.05) is 0 Å². The summed E-state index contributed by atoms with van der Waals surface area (Å²) in [6.07, 6.45) is 0.0860. The van der Waals surface area contributed by atoms with Crippen molar-refractivity contribution >= 4 is 11.7 Å². The lowest BCUT2D eigenvalue weighted by Crippen LogP contribution is -2.26. The number of aliphatic carboxylic acids is 1. The quantitative estimate of drug-likeness (QED) is 0.642. The summed E-state index contributed by atoms with van der Waals surface area (Å²) >= 11 is 0. The SMILES string of the molecule is COc1ccc(CC(C)(C)C(=O)O)c([N+](=O)[O-])c1. The number of benzene rings is 1. The van der Waals surface area contributed by atoms with E-state index in [1.165, 1.54) is 33.1 Å². The second-order valence-corrected chi connectivity index (χ2v) is 4.62. The van der Waals surface area contributed by atoms with E-state index in [9.17, 15) is 14.9 Å². The fourth-order valence-electron chi connectivity index (χ4n) is 1.54. The van der Waals surface area contributed by atoms with Gasteiger partial charge in [0.05, 0.1) is 23.5 Å². The summed E-state index contributed by atoms with van der Waals surface area (Å²) in [5.74, 6) is -0.619. The van der Waals surface area contributed by atoms with Crippen molar-refractivity contribution in [2.24, 2.45) is 5.41 Å². The molecule has 18 heavy (non-hydrogen) atoms. The highest BCUT2D eigenvalue weighted by Crippen LogP contribution is 2.30. The predicted molar refractivity (Wildman–Crippen MR) is 64.8 cm³/mol. The van der Waals surface area contributed by atoms with Gasteiger partial charge in [-0.2, -0.15) is 0 Å². The molecule has 0 heterocycles. The Morgan fingerprint density at radius 1 is 1.50 bits per heavy atom. The van der Waals surface area contributed by atoms with Gasteiger partial charge < -0.3 is 9.84 Å². The van der Waals surface area contributed by atoms with E-state index in [2.05, 4.69) is 0 Å². The number of carbonyl (C=O) groups is 1. The molecule has 0 aliphatic rings. The van der Waals surface area contributed by atoms with Crippen LogP contribution in [0.1, 0.15) is 19.4 Å². The van der Waals surface area contributed by atoms with E-state index in [0.717, 1.165) is 0 Å². The first kappa shape index (κ1) is 14.0. The Hall–Kier alpha value is -2.11. The third-order valence-corrected chi connectivity index (χ3v) is 2.70. The normalized spacial score (nSPS) is 11.1. The van der Waals surface area contributed by atoms with Crippen LogP contribution in [0.25, 0.3) is 0 Å². The molecule has 0 aliphatic heterocycles. The molecule has 0 saturated carbocycles. The lowest BCUT2D eigenvalue weighted by Gasteiger charge is -2.18. The predicted octanol–water partition coefficient (Wildman–Crippen LogP) is 2.26. The van der Waals surface area contributed by atoms with E-state index in [4.69, 9.17) is 9.84 Å².